The van der Waals surface area contributed by atoms with E-state index in [0.717, 1.165) is 0 Å². The van der Waals surface area contributed by atoms with Crippen LogP contribution in [-0.4, -0.2) is 32.8 Å². The molecule has 1 atom stereocenters. The van der Waals surface area contributed by atoms with Gasteiger partial charge in [-0.05, 0) is 12.1 Å². The van der Waals surface area contributed by atoms with E-state index in [0.29, 0.717) is 17.0 Å². The first kappa shape index (κ1) is 14.0. The topological polar surface area (TPSA) is 97.4 Å². The minimum atomic E-state index is -0.800. The molecular weight excluding hydrogens is 234 g/mol. The van der Waals surface area contributed by atoms with Crippen LogP contribution in [0.1, 0.15) is 5.56 Å². The standard InChI is InChI=1S/C12H15N3O3/c1-17-7-9(14)12(16)15-11-8(6-13)4-3-5-10(11)18-2/h3-5,9H,7,14H2,1-2H3,(H,15,16). The van der Waals surface area contributed by atoms with E-state index in [1.807, 2.05) is 6.07 Å². The van der Waals surface area contributed by atoms with Crippen molar-refractivity contribution in [3.63, 3.8) is 0 Å². The molecule has 0 aliphatic heterocycles. The number of ether oxygens (including phenoxy) is 2. The van der Waals surface area contributed by atoms with Crippen LogP contribution in [0.2, 0.25) is 0 Å². The van der Waals surface area contributed by atoms with Crippen LogP contribution in [-0.2, 0) is 9.53 Å². The Balaban J connectivity index is 2.96. The molecule has 0 aliphatic carbocycles. The summed E-state index contributed by atoms with van der Waals surface area (Å²) in [5, 5.41) is 11.6. The van der Waals surface area contributed by atoms with Crippen LogP contribution >= 0.6 is 0 Å². The second-order valence-electron chi connectivity index (χ2n) is 3.55. The molecule has 0 saturated heterocycles. The third kappa shape index (κ3) is 3.20. The van der Waals surface area contributed by atoms with Gasteiger partial charge in [-0.1, -0.05) is 6.07 Å². The average molecular weight is 249 g/mol. The Hall–Kier alpha value is -2.10. The van der Waals surface area contributed by atoms with Gasteiger partial charge in [0.25, 0.3) is 0 Å². The van der Waals surface area contributed by atoms with Crippen LogP contribution in [0.25, 0.3) is 0 Å². The fraction of sp³-hybridized carbons (Fsp3) is 0.333. The summed E-state index contributed by atoms with van der Waals surface area (Å²) in [5.74, 6) is -0.0233. The molecule has 6 heteroatoms. The van der Waals surface area contributed by atoms with E-state index in [1.54, 1.807) is 18.2 Å². The normalized spacial score (nSPS) is 11.4. The van der Waals surface area contributed by atoms with Crippen LogP contribution in [0.5, 0.6) is 5.75 Å². The molecule has 1 amide bonds. The van der Waals surface area contributed by atoms with Crippen LogP contribution in [0.3, 0.4) is 0 Å². The molecule has 6 nitrogen and oxygen atoms in total. The minimum Gasteiger partial charge on any atom is -0.495 e. The molecule has 1 unspecified atom stereocenters. The van der Waals surface area contributed by atoms with E-state index in [-0.39, 0.29) is 6.61 Å². The van der Waals surface area contributed by atoms with E-state index in [2.05, 4.69) is 5.32 Å². The first-order valence-corrected chi connectivity index (χ1v) is 5.26. The zero-order valence-electron chi connectivity index (χ0n) is 10.3. The number of hydrogen-bond acceptors (Lipinski definition) is 5. The molecule has 0 radical (unpaired) electrons. The van der Waals surface area contributed by atoms with E-state index >= 15 is 0 Å². The van der Waals surface area contributed by atoms with Crippen molar-refractivity contribution in [2.75, 3.05) is 26.1 Å². The summed E-state index contributed by atoms with van der Waals surface area (Å²) in [6, 6.07) is 6.08. The van der Waals surface area contributed by atoms with Crippen molar-refractivity contribution >= 4 is 11.6 Å². The van der Waals surface area contributed by atoms with E-state index in [9.17, 15) is 4.79 Å². The van der Waals surface area contributed by atoms with Crippen molar-refractivity contribution in [1.29, 1.82) is 5.26 Å². The molecule has 1 aromatic carbocycles. The van der Waals surface area contributed by atoms with Crippen LogP contribution in [0, 0.1) is 11.3 Å². The Labute approximate surface area is 105 Å². The number of nitriles is 1. The number of methoxy groups -OCH3 is 2. The lowest BCUT2D eigenvalue weighted by atomic mass is 10.1. The van der Waals surface area contributed by atoms with Crippen molar-refractivity contribution < 1.29 is 14.3 Å². The minimum absolute atomic E-state index is 0.100. The summed E-state index contributed by atoms with van der Waals surface area (Å²) in [5.41, 5.74) is 6.23. The largest absolute Gasteiger partial charge is 0.495 e. The van der Waals surface area contributed by atoms with E-state index in [4.69, 9.17) is 20.5 Å². The second kappa shape index (κ2) is 6.59. The summed E-state index contributed by atoms with van der Waals surface area (Å²) in [6.45, 7) is 0.100. The van der Waals surface area contributed by atoms with Crippen molar-refractivity contribution in [2.24, 2.45) is 5.73 Å². The highest BCUT2D eigenvalue weighted by atomic mass is 16.5. The van der Waals surface area contributed by atoms with Gasteiger partial charge >= 0.3 is 0 Å². The number of nitrogens with one attached hydrogen (secondary N) is 1. The van der Waals surface area contributed by atoms with Gasteiger partial charge in [0.15, 0.2) is 0 Å². The van der Waals surface area contributed by atoms with Crippen LogP contribution in [0.4, 0.5) is 5.69 Å². The Morgan fingerprint density at radius 3 is 2.83 bits per heavy atom. The smallest absolute Gasteiger partial charge is 0.243 e. The summed E-state index contributed by atoms with van der Waals surface area (Å²) in [6.07, 6.45) is 0. The number of hydrogen-bond donors (Lipinski definition) is 2. The van der Waals surface area contributed by atoms with E-state index < -0.39 is 11.9 Å². The lowest BCUT2D eigenvalue weighted by Gasteiger charge is -2.14. The summed E-state index contributed by atoms with van der Waals surface area (Å²) >= 11 is 0. The predicted molar refractivity (Wildman–Crippen MR) is 66.2 cm³/mol. The van der Waals surface area contributed by atoms with Gasteiger partial charge in [-0.3, -0.25) is 4.79 Å². The maximum atomic E-state index is 11.8. The second-order valence-corrected chi connectivity index (χ2v) is 3.55. The van der Waals surface area contributed by atoms with Gasteiger partial charge in [-0.15, -0.1) is 0 Å². The Morgan fingerprint density at radius 2 is 2.28 bits per heavy atom. The van der Waals surface area contributed by atoms with Crippen molar-refractivity contribution in [3.05, 3.63) is 23.8 Å². The lowest BCUT2D eigenvalue weighted by Crippen LogP contribution is -2.39. The fourth-order valence-electron chi connectivity index (χ4n) is 1.39. The highest BCUT2D eigenvalue weighted by Crippen LogP contribution is 2.27. The highest BCUT2D eigenvalue weighted by Gasteiger charge is 2.17. The van der Waals surface area contributed by atoms with Gasteiger partial charge < -0.3 is 20.5 Å². The molecule has 0 aromatic heterocycles. The van der Waals surface area contributed by atoms with Crippen molar-refractivity contribution in [2.45, 2.75) is 6.04 Å². The quantitative estimate of drug-likeness (QED) is 0.791. The fourth-order valence-corrected chi connectivity index (χ4v) is 1.39. The van der Waals surface area contributed by atoms with Gasteiger partial charge in [-0.25, -0.2) is 0 Å². The van der Waals surface area contributed by atoms with Gasteiger partial charge in [0, 0.05) is 7.11 Å². The zero-order chi connectivity index (χ0) is 13.5. The average Bonchev–Trinajstić information content (AvgIpc) is 2.39. The summed E-state index contributed by atoms with van der Waals surface area (Å²) in [4.78, 5) is 11.8. The molecule has 0 heterocycles. The third-order valence-corrected chi connectivity index (χ3v) is 2.30. The van der Waals surface area contributed by atoms with Gasteiger partial charge in [-0.2, -0.15) is 5.26 Å². The molecule has 96 valence electrons. The van der Waals surface area contributed by atoms with Crippen molar-refractivity contribution in [1.82, 2.24) is 0 Å². The van der Waals surface area contributed by atoms with Crippen LogP contribution in [0.15, 0.2) is 18.2 Å². The number of nitrogens with two attached hydrogens (primary N) is 1. The van der Waals surface area contributed by atoms with Gasteiger partial charge in [0.1, 0.15) is 23.5 Å². The number of para-hydroxylation sites is 1. The zero-order valence-corrected chi connectivity index (χ0v) is 10.3. The Morgan fingerprint density at radius 1 is 1.56 bits per heavy atom. The molecule has 0 aliphatic rings. The number of anilines is 1. The first-order chi connectivity index (χ1) is 8.63. The number of benzene rings is 1. The maximum absolute atomic E-state index is 11.8. The SMILES string of the molecule is COCC(N)C(=O)Nc1c(C#N)cccc1OC. The molecule has 1 aromatic rings. The first-order valence-electron chi connectivity index (χ1n) is 5.26. The molecule has 0 bridgehead atoms. The third-order valence-electron chi connectivity index (χ3n) is 2.30. The number of carbonyl (C=O) groups is 1. The maximum Gasteiger partial charge on any atom is 0.243 e. The number of carbonyl (C=O) groups excluding carboxylic acids is 1. The number of rotatable bonds is 5. The van der Waals surface area contributed by atoms with Gasteiger partial charge in [0.05, 0.1) is 19.3 Å². The molecule has 3 N–H and O–H groups in total. The highest BCUT2D eigenvalue weighted by molar-refractivity contribution is 5.97. The van der Waals surface area contributed by atoms with Crippen molar-refractivity contribution in [3.8, 4) is 11.8 Å². The number of nitrogens with zero attached hydrogens (tertiary/aromatic N) is 1. The molecule has 18 heavy (non-hydrogen) atoms. The molecule has 0 saturated carbocycles. The molecule has 1 rings (SSSR count). The van der Waals surface area contributed by atoms with E-state index in [1.165, 1.54) is 14.2 Å². The summed E-state index contributed by atoms with van der Waals surface area (Å²) in [7, 11) is 2.91. The van der Waals surface area contributed by atoms with Gasteiger partial charge in [0.2, 0.25) is 5.91 Å². The molecule has 0 spiro atoms. The molecular formula is C12H15N3O3. The predicted octanol–water partition coefficient (Wildman–Crippen LogP) is 0.479. The lowest BCUT2D eigenvalue weighted by molar-refractivity contribution is -0.118. The number of amides is 1. The Bertz CT molecular complexity index is 468. The molecule has 0 fully saturated rings. The van der Waals surface area contributed by atoms with Crippen LogP contribution < -0.4 is 15.8 Å². The monoisotopic (exact) mass is 249 g/mol. The Kier molecular flexibility index (Phi) is 5.11. The summed E-state index contributed by atoms with van der Waals surface area (Å²) < 4.78 is 9.88.